The molecule has 0 radical (unpaired) electrons. The fraction of sp³-hybridized carbons (Fsp3) is 0.308. The van der Waals surface area contributed by atoms with Gasteiger partial charge in [0.2, 0.25) is 0 Å². The summed E-state index contributed by atoms with van der Waals surface area (Å²) < 4.78 is 10.3. The molecular formula is C13H16O4. The van der Waals surface area contributed by atoms with Crippen molar-refractivity contribution in [2.45, 2.75) is 13.3 Å². The maximum absolute atomic E-state index is 10.5. The van der Waals surface area contributed by atoms with Gasteiger partial charge in [-0.15, -0.1) is 0 Å². The summed E-state index contributed by atoms with van der Waals surface area (Å²) in [5.41, 5.74) is 1.66. The number of ether oxygens (including phenoxy) is 2. The Morgan fingerprint density at radius 1 is 1.35 bits per heavy atom. The van der Waals surface area contributed by atoms with Crippen LogP contribution in [0.2, 0.25) is 0 Å². The Morgan fingerprint density at radius 3 is 2.59 bits per heavy atom. The molecule has 1 rings (SSSR count). The lowest BCUT2D eigenvalue weighted by Crippen LogP contribution is -1.97. The van der Waals surface area contributed by atoms with Gasteiger partial charge in [0.15, 0.2) is 0 Å². The molecule has 0 heterocycles. The smallest absolute Gasteiger partial charge is 0.328 e. The number of allylic oxidation sites excluding steroid dienone is 1. The zero-order chi connectivity index (χ0) is 12.8. The maximum Gasteiger partial charge on any atom is 0.328 e. The molecule has 0 saturated heterocycles. The summed E-state index contributed by atoms with van der Waals surface area (Å²) in [6.07, 6.45) is 1.71. The van der Waals surface area contributed by atoms with Gasteiger partial charge in [0.25, 0.3) is 0 Å². The van der Waals surface area contributed by atoms with Crippen molar-refractivity contribution in [2.24, 2.45) is 0 Å². The topological polar surface area (TPSA) is 55.8 Å². The van der Waals surface area contributed by atoms with E-state index in [1.165, 1.54) is 6.08 Å². The monoisotopic (exact) mass is 236 g/mol. The molecule has 4 heteroatoms. The van der Waals surface area contributed by atoms with E-state index in [2.05, 4.69) is 0 Å². The molecular weight excluding hydrogens is 220 g/mol. The third-order valence-electron chi connectivity index (χ3n) is 2.33. The van der Waals surface area contributed by atoms with E-state index in [0.29, 0.717) is 6.42 Å². The molecule has 0 aliphatic heterocycles. The molecule has 0 amide bonds. The lowest BCUT2D eigenvalue weighted by Gasteiger charge is -2.10. The molecule has 1 aromatic rings. The van der Waals surface area contributed by atoms with E-state index >= 15 is 0 Å². The number of hydrogen-bond donors (Lipinski definition) is 1. The molecule has 0 aromatic heterocycles. The zero-order valence-electron chi connectivity index (χ0n) is 10.2. The first-order valence-electron chi connectivity index (χ1n) is 5.17. The van der Waals surface area contributed by atoms with Crippen molar-refractivity contribution in [1.82, 2.24) is 0 Å². The number of methoxy groups -OCH3 is 2. The van der Waals surface area contributed by atoms with Gasteiger partial charge in [-0.25, -0.2) is 4.79 Å². The summed E-state index contributed by atoms with van der Waals surface area (Å²) in [4.78, 5) is 10.5. The molecule has 0 aliphatic rings. The van der Waals surface area contributed by atoms with E-state index in [1.807, 2.05) is 12.1 Å². The van der Waals surface area contributed by atoms with E-state index in [9.17, 15) is 4.79 Å². The molecule has 17 heavy (non-hydrogen) atoms. The third-order valence-corrected chi connectivity index (χ3v) is 2.33. The van der Waals surface area contributed by atoms with Crippen LogP contribution in [0.25, 0.3) is 0 Å². The summed E-state index contributed by atoms with van der Waals surface area (Å²) in [7, 11) is 3.17. The molecule has 1 N–H and O–H groups in total. The Kier molecular flexibility index (Phi) is 4.57. The highest BCUT2D eigenvalue weighted by molar-refractivity contribution is 5.80. The van der Waals surface area contributed by atoms with Gasteiger partial charge in [-0.2, -0.15) is 0 Å². The second-order valence-corrected chi connectivity index (χ2v) is 3.68. The lowest BCUT2D eigenvalue weighted by atomic mass is 10.0. The van der Waals surface area contributed by atoms with Gasteiger partial charge in [0, 0.05) is 11.6 Å². The molecule has 0 atom stereocenters. The van der Waals surface area contributed by atoms with Crippen LogP contribution < -0.4 is 9.47 Å². The predicted molar refractivity (Wildman–Crippen MR) is 64.6 cm³/mol. The number of rotatable bonds is 5. The summed E-state index contributed by atoms with van der Waals surface area (Å²) in [5.74, 6) is 0.511. The molecule has 0 aliphatic carbocycles. The standard InChI is InChI=1S/C13H16O4/c1-9(7-13(14)15)6-10-8-11(16-2)4-5-12(10)17-3/h4-5,7-8H,6H2,1-3H3,(H,14,15)/b9-7+. The third kappa shape index (κ3) is 3.83. The first-order valence-corrected chi connectivity index (χ1v) is 5.17. The average Bonchev–Trinajstić information content (AvgIpc) is 2.27. The van der Waals surface area contributed by atoms with Gasteiger partial charge >= 0.3 is 5.97 Å². The van der Waals surface area contributed by atoms with Crippen LogP contribution in [-0.2, 0) is 11.2 Å². The molecule has 4 nitrogen and oxygen atoms in total. The Labute approximate surface area is 100 Å². The summed E-state index contributed by atoms with van der Waals surface area (Å²) >= 11 is 0. The Balaban J connectivity index is 2.99. The maximum atomic E-state index is 10.5. The SMILES string of the molecule is COc1ccc(OC)c(C/C(C)=C/C(=O)O)c1. The van der Waals surface area contributed by atoms with Crippen LogP contribution in [0.15, 0.2) is 29.8 Å². The fourth-order valence-corrected chi connectivity index (χ4v) is 1.58. The van der Waals surface area contributed by atoms with Gasteiger partial charge in [-0.05, 0) is 31.5 Å². The van der Waals surface area contributed by atoms with Gasteiger partial charge < -0.3 is 14.6 Å². The minimum absolute atomic E-state index is 0.521. The van der Waals surface area contributed by atoms with Crippen LogP contribution in [-0.4, -0.2) is 25.3 Å². The van der Waals surface area contributed by atoms with Gasteiger partial charge in [0.05, 0.1) is 14.2 Å². The predicted octanol–water partition coefficient (Wildman–Crippen LogP) is 2.28. The molecule has 0 bridgehead atoms. The zero-order valence-corrected chi connectivity index (χ0v) is 10.2. The Bertz CT molecular complexity index is 435. The van der Waals surface area contributed by atoms with E-state index in [4.69, 9.17) is 14.6 Å². The number of hydrogen-bond acceptors (Lipinski definition) is 3. The molecule has 0 unspecified atom stereocenters. The Hall–Kier alpha value is -1.97. The number of carboxylic acid groups (broad SMARTS) is 1. The largest absolute Gasteiger partial charge is 0.497 e. The number of carbonyl (C=O) groups is 1. The quantitative estimate of drug-likeness (QED) is 0.797. The molecule has 92 valence electrons. The van der Waals surface area contributed by atoms with Gasteiger partial charge in [0.1, 0.15) is 11.5 Å². The summed E-state index contributed by atoms with van der Waals surface area (Å²) in [5, 5.41) is 8.66. The average molecular weight is 236 g/mol. The fourth-order valence-electron chi connectivity index (χ4n) is 1.58. The van der Waals surface area contributed by atoms with Gasteiger partial charge in [-0.1, -0.05) is 5.57 Å². The highest BCUT2D eigenvalue weighted by Gasteiger charge is 2.06. The first kappa shape index (κ1) is 13.1. The number of aliphatic carboxylic acids is 1. The summed E-state index contributed by atoms with van der Waals surface area (Å²) in [6, 6.07) is 5.46. The van der Waals surface area contributed by atoms with E-state index in [1.54, 1.807) is 27.2 Å². The van der Waals surface area contributed by atoms with E-state index < -0.39 is 5.97 Å². The first-order chi connectivity index (χ1) is 8.06. The Morgan fingerprint density at radius 2 is 2.06 bits per heavy atom. The van der Waals surface area contributed by atoms with E-state index in [0.717, 1.165) is 22.6 Å². The van der Waals surface area contributed by atoms with Crippen LogP contribution in [0.5, 0.6) is 11.5 Å². The van der Waals surface area contributed by atoms with Crippen molar-refractivity contribution in [1.29, 1.82) is 0 Å². The number of benzene rings is 1. The van der Waals surface area contributed by atoms with Crippen molar-refractivity contribution in [3.05, 3.63) is 35.4 Å². The van der Waals surface area contributed by atoms with Crippen LogP contribution in [0.1, 0.15) is 12.5 Å². The van der Waals surface area contributed by atoms with Crippen LogP contribution in [0.4, 0.5) is 0 Å². The highest BCUT2D eigenvalue weighted by Crippen LogP contribution is 2.26. The summed E-state index contributed by atoms with van der Waals surface area (Å²) in [6.45, 7) is 1.77. The highest BCUT2D eigenvalue weighted by atomic mass is 16.5. The lowest BCUT2D eigenvalue weighted by molar-refractivity contribution is -0.131. The normalized spacial score (nSPS) is 11.1. The molecule has 0 saturated carbocycles. The van der Waals surface area contributed by atoms with Gasteiger partial charge in [-0.3, -0.25) is 0 Å². The van der Waals surface area contributed by atoms with Crippen LogP contribution in [0.3, 0.4) is 0 Å². The van der Waals surface area contributed by atoms with Crippen molar-refractivity contribution >= 4 is 5.97 Å². The minimum Gasteiger partial charge on any atom is -0.497 e. The van der Waals surface area contributed by atoms with Crippen molar-refractivity contribution in [2.75, 3.05) is 14.2 Å². The minimum atomic E-state index is -0.940. The van der Waals surface area contributed by atoms with Crippen molar-refractivity contribution < 1.29 is 19.4 Å². The van der Waals surface area contributed by atoms with Crippen LogP contribution >= 0.6 is 0 Å². The second-order valence-electron chi connectivity index (χ2n) is 3.68. The van der Waals surface area contributed by atoms with Crippen LogP contribution in [0, 0.1) is 0 Å². The van der Waals surface area contributed by atoms with Crippen molar-refractivity contribution in [3.63, 3.8) is 0 Å². The molecule has 0 fully saturated rings. The number of carboxylic acids is 1. The molecule has 0 spiro atoms. The molecule has 1 aromatic carbocycles. The second kappa shape index (κ2) is 5.94. The van der Waals surface area contributed by atoms with Crippen molar-refractivity contribution in [3.8, 4) is 11.5 Å². The van der Waals surface area contributed by atoms with E-state index in [-0.39, 0.29) is 0 Å².